The summed E-state index contributed by atoms with van der Waals surface area (Å²) in [6.07, 6.45) is -0.880. The zero-order valence-corrected chi connectivity index (χ0v) is 8.46. The van der Waals surface area contributed by atoms with Gasteiger partial charge in [0.1, 0.15) is 11.9 Å². The Morgan fingerprint density at radius 2 is 2.21 bits per heavy atom. The summed E-state index contributed by atoms with van der Waals surface area (Å²) in [5, 5.41) is 9.59. The first-order valence-corrected chi connectivity index (χ1v) is 4.67. The molecule has 1 rings (SSSR count). The Morgan fingerprint density at radius 1 is 1.50 bits per heavy atom. The first-order chi connectivity index (χ1) is 6.65. The highest BCUT2D eigenvalue weighted by Gasteiger charge is 2.12. The largest absolute Gasteiger partial charge is 0.386 e. The fourth-order valence-electron chi connectivity index (χ4n) is 1.24. The topological polar surface area (TPSA) is 29.5 Å². The van der Waals surface area contributed by atoms with Gasteiger partial charge in [-0.15, -0.1) is 0 Å². The predicted molar refractivity (Wildman–Crippen MR) is 52.6 cm³/mol. The van der Waals surface area contributed by atoms with Crippen molar-refractivity contribution in [3.63, 3.8) is 0 Å². The van der Waals surface area contributed by atoms with Crippen molar-refractivity contribution in [2.24, 2.45) is 0 Å². The van der Waals surface area contributed by atoms with Crippen LogP contribution in [0.25, 0.3) is 0 Å². The molecule has 0 heterocycles. The maximum atomic E-state index is 13.2. The molecule has 0 aliphatic heterocycles. The van der Waals surface area contributed by atoms with E-state index in [9.17, 15) is 9.50 Å². The summed E-state index contributed by atoms with van der Waals surface area (Å²) < 4.78 is 18.3. The van der Waals surface area contributed by atoms with Gasteiger partial charge >= 0.3 is 0 Å². The second-order valence-electron chi connectivity index (χ2n) is 3.20. The van der Waals surface area contributed by atoms with Gasteiger partial charge in [-0.05, 0) is 19.9 Å². The maximum Gasteiger partial charge on any atom is 0.129 e. The molecule has 1 aromatic rings. The molecule has 0 aliphatic rings. The van der Waals surface area contributed by atoms with Crippen LogP contribution >= 0.6 is 0 Å². The molecule has 1 N–H and O–H groups in total. The van der Waals surface area contributed by atoms with Crippen LogP contribution in [-0.4, -0.2) is 18.3 Å². The van der Waals surface area contributed by atoms with Crippen LogP contribution in [0.4, 0.5) is 4.39 Å². The van der Waals surface area contributed by atoms with Gasteiger partial charge in [0.15, 0.2) is 0 Å². The standard InChI is InChI=1S/C11H15FO2/c1-3-14-7-11(13)9-6-8(2)4-5-10(9)12/h4-6,11,13H,3,7H2,1-2H3. The van der Waals surface area contributed by atoms with Crippen molar-refractivity contribution >= 4 is 0 Å². The van der Waals surface area contributed by atoms with E-state index < -0.39 is 6.10 Å². The van der Waals surface area contributed by atoms with Crippen LogP contribution in [0.2, 0.25) is 0 Å². The molecule has 1 aromatic carbocycles. The Labute approximate surface area is 83.3 Å². The highest BCUT2D eigenvalue weighted by Crippen LogP contribution is 2.18. The van der Waals surface area contributed by atoms with Crippen LogP contribution in [0.15, 0.2) is 18.2 Å². The second kappa shape index (κ2) is 5.08. The van der Waals surface area contributed by atoms with E-state index in [-0.39, 0.29) is 12.4 Å². The molecule has 0 amide bonds. The van der Waals surface area contributed by atoms with Crippen molar-refractivity contribution in [3.05, 3.63) is 35.1 Å². The molecule has 1 unspecified atom stereocenters. The van der Waals surface area contributed by atoms with Gasteiger partial charge in [0.05, 0.1) is 6.61 Å². The SMILES string of the molecule is CCOCC(O)c1cc(C)ccc1F. The normalized spacial score (nSPS) is 12.9. The van der Waals surface area contributed by atoms with Crippen LogP contribution in [0.5, 0.6) is 0 Å². The van der Waals surface area contributed by atoms with Crippen LogP contribution in [0.1, 0.15) is 24.2 Å². The van der Waals surface area contributed by atoms with E-state index in [1.165, 1.54) is 6.07 Å². The number of hydrogen-bond donors (Lipinski definition) is 1. The average Bonchev–Trinajstić information content (AvgIpc) is 2.18. The first-order valence-electron chi connectivity index (χ1n) is 4.67. The highest BCUT2D eigenvalue weighted by atomic mass is 19.1. The van der Waals surface area contributed by atoms with E-state index in [1.807, 2.05) is 13.8 Å². The zero-order valence-electron chi connectivity index (χ0n) is 8.46. The molecule has 1 atom stereocenters. The quantitative estimate of drug-likeness (QED) is 0.803. The number of aliphatic hydroxyl groups excluding tert-OH is 1. The zero-order chi connectivity index (χ0) is 10.6. The summed E-state index contributed by atoms with van der Waals surface area (Å²) in [5.74, 6) is -0.386. The fourth-order valence-corrected chi connectivity index (χ4v) is 1.24. The minimum absolute atomic E-state index is 0.136. The van der Waals surface area contributed by atoms with Crippen molar-refractivity contribution in [1.82, 2.24) is 0 Å². The van der Waals surface area contributed by atoms with Crippen molar-refractivity contribution in [2.45, 2.75) is 20.0 Å². The van der Waals surface area contributed by atoms with Crippen LogP contribution in [0.3, 0.4) is 0 Å². The number of hydrogen-bond acceptors (Lipinski definition) is 2. The van der Waals surface area contributed by atoms with Crippen molar-refractivity contribution in [3.8, 4) is 0 Å². The third kappa shape index (κ3) is 2.79. The Balaban J connectivity index is 2.77. The number of aliphatic hydroxyl groups is 1. The number of ether oxygens (including phenoxy) is 1. The Morgan fingerprint density at radius 3 is 2.86 bits per heavy atom. The summed E-state index contributed by atoms with van der Waals surface area (Å²) >= 11 is 0. The van der Waals surface area contributed by atoms with Gasteiger partial charge in [-0.25, -0.2) is 4.39 Å². The van der Waals surface area contributed by atoms with Crippen LogP contribution < -0.4 is 0 Å². The summed E-state index contributed by atoms with van der Waals surface area (Å²) in [6.45, 7) is 4.34. The smallest absolute Gasteiger partial charge is 0.129 e. The van der Waals surface area contributed by atoms with E-state index in [4.69, 9.17) is 4.74 Å². The van der Waals surface area contributed by atoms with Crippen molar-refractivity contribution in [1.29, 1.82) is 0 Å². The molecule has 0 aromatic heterocycles. The lowest BCUT2D eigenvalue weighted by Gasteiger charge is -2.12. The Bertz CT molecular complexity index is 299. The van der Waals surface area contributed by atoms with E-state index in [0.717, 1.165) is 5.56 Å². The molecular weight excluding hydrogens is 183 g/mol. The van der Waals surface area contributed by atoms with Crippen LogP contribution in [0, 0.1) is 12.7 Å². The van der Waals surface area contributed by atoms with Gasteiger partial charge in [0.2, 0.25) is 0 Å². The van der Waals surface area contributed by atoms with Crippen molar-refractivity contribution in [2.75, 3.05) is 13.2 Å². The molecule has 0 saturated heterocycles. The minimum atomic E-state index is -0.880. The third-order valence-electron chi connectivity index (χ3n) is 1.99. The van der Waals surface area contributed by atoms with E-state index in [1.54, 1.807) is 12.1 Å². The summed E-state index contributed by atoms with van der Waals surface area (Å²) in [6, 6.07) is 4.67. The number of aryl methyl sites for hydroxylation is 1. The molecule has 0 aliphatic carbocycles. The fraction of sp³-hybridized carbons (Fsp3) is 0.455. The van der Waals surface area contributed by atoms with Gasteiger partial charge in [0.25, 0.3) is 0 Å². The molecule has 0 saturated carbocycles. The number of benzene rings is 1. The molecule has 78 valence electrons. The Hall–Kier alpha value is -0.930. The second-order valence-corrected chi connectivity index (χ2v) is 3.20. The van der Waals surface area contributed by atoms with Crippen molar-refractivity contribution < 1.29 is 14.2 Å². The van der Waals surface area contributed by atoms with Gasteiger partial charge in [-0.1, -0.05) is 17.7 Å². The summed E-state index contributed by atoms with van der Waals surface area (Å²) in [4.78, 5) is 0. The monoisotopic (exact) mass is 198 g/mol. The van der Waals surface area contributed by atoms with Gasteiger partial charge in [0, 0.05) is 12.2 Å². The number of halogens is 1. The van der Waals surface area contributed by atoms with Gasteiger partial charge in [-0.3, -0.25) is 0 Å². The van der Waals surface area contributed by atoms with Gasteiger partial charge in [-0.2, -0.15) is 0 Å². The predicted octanol–water partition coefficient (Wildman–Crippen LogP) is 2.20. The van der Waals surface area contributed by atoms with Crippen LogP contribution in [-0.2, 0) is 4.74 Å². The minimum Gasteiger partial charge on any atom is -0.386 e. The number of rotatable bonds is 4. The lowest BCUT2D eigenvalue weighted by atomic mass is 10.1. The van der Waals surface area contributed by atoms with E-state index in [0.29, 0.717) is 12.2 Å². The summed E-state index contributed by atoms with van der Waals surface area (Å²) in [5.41, 5.74) is 1.23. The van der Waals surface area contributed by atoms with E-state index in [2.05, 4.69) is 0 Å². The molecule has 0 spiro atoms. The molecule has 2 nitrogen and oxygen atoms in total. The highest BCUT2D eigenvalue weighted by molar-refractivity contribution is 5.25. The summed E-state index contributed by atoms with van der Waals surface area (Å²) in [7, 11) is 0. The molecule has 0 bridgehead atoms. The third-order valence-corrected chi connectivity index (χ3v) is 1.99. The Kier molecular flexibility index (Phi) is 4.04. The lowest BCUT2D eigenvalue weighted by molar-refractivity contribution is 0.0401. The van der Waals surface area contributed by atoms with Gasteiger partial charge < -0.3 is 9.84 Å². The molecule has 0 fully saturated rings. The molecule has 0 radical (unpaired) electrons. The van der Waals surface area contributed by atoms with E-state index >= 15 is 0 Å². The molecule has 14 heavy (non-hydrogen) atoms. The molecular formula is C11H15FO2. The molecule has 3 heteroatoms. The lowest BCUT2D eigenvalue weighted by Crippen LogP contribution is -2.09. The first kappa shape index (κ1) is 11.1. The maximum absolute atomic E-state index is 13.2. The average molecular weight is 198 g/mol.